The number of amides is 3. The van der Waals surface area contributed by atoms with Gasteiger partial charge in [-0.2, -0.15) is 0 Å². The second-order valence-corrected chi connectivity index (χ2v) is 7.54. The second-order valence-electron chi connectivity index (χ2n) is 6.26. The van der Waals surface area contributed by atoms with E-state index in [4.69, 9.17) is 9.84 Å². The van der Waals surface area contributed by atoms with E-state index in [1.807, 2.05) is 0 Å². The van der Waals surface area contributed by atoms with Gasteiger partial charge in [0.2, 0.25) is 17.7 Å². The quantitative estimate of drug-likeness (QED) is 0.517. The predicted octanol–water partition coefficient (Wildman–Crippen LogP) is 2.70. The number of nitrogens with one attached hydrogen (secondary N) is 1. The van der Waals surface area contributed by atoms with Crippen molar-refractivity contribution in [3.8, 4) is 5.75 Å². The minimum absolute atomic E-state index is 0.0630. The van der Waals surface area contributed by atoms with Gasteiger partial charge in [0, 0.05) is 29.2 Å². The number of nitrogens with zero attached hydrogens (tertiary/aromatic N) is 1. The molecule has 0 aliphatic carbocycles. The Kier molecular flexibility index (Phi) is 6.53. The molecule has 0 spiro atoms. The van der Waals surface area contributed by atoms with Gasteiger partial charge in [-0.3, -0.25) is 14.4 Å². The summed E-state index contributed by atoms with van der Waals surface area (Å²) < 4.78 is 5.10. The van der Waals surface area contributed by atoms with Crippen LogP contribution in [0.15, 0.2) is 65.6 Å². The van der Waals surface area contributed by atoms with Crippen molar-refractivity contribution in [1.29, 1.82) is 0 Å². The van der Waals surface area contributed by atoms with Gasteiger partial charge in [0.05, 0.1) is 18.0 Å². The highest BCUT2D eigenvalue weighted by Gasteiger charge is 2.40. The van der Waals surface area contributed by atoms with Gasteiger partial charge in [-0.15, -0.1) is 11.8 Å². The van der Waals surface area contributed by atoms with Crippen LogP contribution in [0, 0.1) is 0 Å². The van der Waals surface area contributed by atoms with E-state index < -0.39 is 17.1 Å². The first kappa shape index (κ1) is 21.1. The number of thioether (sulfide) groups is 1. The average molecular weight is 426 g/mol. The van der Waals surface area contributed by atoms with Gasteiger partial charge in [0.1, 0.15) is 5.75 Å². The Bertz CT molecular complexity index is 1020. The Balaban J connectivity index is 1.69. The van der Waals surface area contributed by atoms with Gasteiger partial charge >= 0.3 is 5.97 Å². The molecule has 0 radical (unpaired) electrons. The van der Waals surface area contributed by atoms with Crippen molar-refractivity contribution in [3.05, 3.63) is 60.7 Å². The highest BCUT2D eigenvalue weighted by molar-refractivity contribution is 8.00. The standard InChI is InChI=1S/C21H18N2O6S/c1-29-15-7-5-14(6-8-15)23-19(25)12-17(21(23)28)30-16-4-2-3-13(11-16)22-18(24)9-10-20(26)27/h2-11,17H,12H2,1H3,(H,22,24)(H,26,27)/b10-9+/t17-/m0/s1. The predicted molar refractivity (Wildman–Crippen MR) is 112 cm³/mol. The summed E-state index contributed by atoms with van der Waals surface area (Å²) in [5.41, 5.74) is 0.934. The Morgan fingerprint density at radius 3 is 2.57 bits per heavy atom. The van der Waals surface area contributed by atoms with Crippen LogP contribution in [0.5, 0.6) is 5.75 Å². The number of methoxy groups -OCH3 is 1. The smallest absolute Gasteiger partial charge is 0.328 e. The van der Waals surface area contributed by atoms with E-state index >= 15 is 0 Å². The van der Waals surface area contributed by atoms with Crippen molar-refractivity contribution in [2.24, 2.45) is 0 Å². The van der Waals surface area contributed by atoms with Crippen LogP contribution in [0.4, 0.5) is 11.4 Å². The van der Waals surface area contributed by atoms with Crippen molar-refractivity contribution in [1.82, 2.24) is 0 Å². The third kappa shape index (κ3) is 5.06. The third-order valence-electron chi connectivity index (χ3n) is 4.19. The number of imide groups is 1. The van der Waals surface area contributed by atoms with E-state index in [-0.39, 0.29) is 18.2 Å². The lowest BCUT2D eigenvalue weighted by Gasteiger charge is -2.15. The lowest BCUT2D eigenvalue weighted by molar-refractivity contribution is -0.131. The molecule has 1 aliphatic heterocycles. The van der Waals surface area contributed by atoms with E-state index in [9.17, 15) is 19.2 Å². The molecule has 1 saturated heterocycles. The molecule has 1 heterocycles. The van der Waals surface area contributed by atoms with Gasteiger partial charge in [0.25, 0.3) is 0 Å². The molecule has 1 fully saturated rings. The van der Waals surface area contributed by atoms with Crippen LogP contribution in [0.3, 0.4) is 0 Å². The molecule has 0 aromatic heterocycles. The Hall–Kier alpha value is -3.59. The molecule has 0 bridgehead atoms. The minimum Gasteiger partial charge on any atom is -0.497 e. The summed E-state index contributed by atoms with van der Waals surface area (Å²) in [6.45, 7) is 0. The normalized spacial score (nSPS) is 16.2. The monoisotopic (exact) mass is 426 g/mol. The molecule has 2 N–H and O–H groups in total. The summed E-state index contributed by atoms with van der Waals surface area (Å²) in [6, 6.07) is 13.4. The van der Waals surface area contributed by atoms with E-state index in [0.29, 0.717) is 22.0 Å². The summed E-state index contributed by atoms with van der Waals surface area (Å²) in [6.07, 6.45) is 1.71. The van der Waals surface area contributed by atoms with Crippen LogP contribution < -0.4 is 15.0 Å². The molecule has 2 aromatic carbocycles. The molecule has 3 rings (SSSR count). The number of benzene rings is 2. The SMILES string of the molecule is COc1ccc(N2C(=O)C[C@H](Sc3cccc(NC(=O)/C=C/C(=O)O)c3)C2=O)cc1. The summed E-state index contributed by atoms with van der Waals surface area (Å²) in [7, 11) is 1.53. The van der Waals surface area contributed by atoms with Crippen LogP contribution in [0.1, 0.15) is 6.42 Å². The summed E-state index contributed by atoms with van der Waals surface area (Å²) in [4.78, 5) is 49.3. The lowest BCUT2D eigenvalue weighted by atomic mass is 10.3. The molecule has 9 heteroatoms. The number of hydrogen-bond acceptors (Lipinski definition) is 6. The molecule has 0 unspecified atom stereocenters. The van der Waals surface area contributed by atoms with Crippen LogP contribution in [-0.4, -0.2) is 41.2 Å². The van der Waals surface area contributed by atoms with Gasteiger partial charge in [-0.25, -0.2) is 9.69 Å². The number of rotatable bonds is 7. The first-order chi connectivity index (χ1) is 14.4. The largest absolute Gasteiger partial charge is 0.497 e. The summed E-state index contributed by atoms with van der Waals surface area (Å²) in [5.74, 6) is -1.78. The third-order valence-corrected chi connectivity index (χ3v) is 5.37. The number of ether oxygens (including phenoxy) is 1. The fraction of sp³-hybridized carbons (Fsp3) is 0.143. The maximum absolute atomic E-state index is 12.8. The zero-order valence-corrected chi connectivity index (χ0v) is 16.7. The molecule has 3 amide bonds. The number of aliphatic carboxylic acids is 1. The maximum Gasteiger partial charge on any atom is 0.328 e. The fourth-order valence-electron chi connectivity index (χ4n) is 2.84. The molecular formula is C21H18N2O6S. The number of carbonyl (C=O) groups is 4. The van der Waals surface area contributed by atoms with Crippen molar-refractivity contribution in [3.63, 3.8) is 0 Å². The average Bonchev–Trinajstić information content (AvgIpc) is 3.00. The molecule has 1 atom stereocenters. The van der Waals surface area contributed by atoms with Crippen LogP contribution in [0.25, 0.3) is 0 Å². The molecule has 154 valence electrons. The van der Waals surface area contributed by atoms with Crippen LogP contribution in [0.2, 0.25) is 0 Å². The molecule has 8 nitrogen and oxygen atoms in total. The van der Waals surface area contributed by atoms with E-state index in [1.165, 1.54) is 23.8 Å². The zero-order chi connectivity index (χ0) is 21.7. The summed E-state index contributed by atoms with van der Waals surface area (Å²) in [5, 5.41) is 10.5. The molecule has 1 aliphatic rings. The van der Waals surface area contributed by atoms with Crippen molar-refractivity contribution < 1.29 is 29.0 Å². The highest BCUT2D eigenvalue weighted by atomic mass is 32.2. The maximum atomic E-state index is 12.8. The van der Waals surface area contributed by atoms with Crippen LogP contribution in [-0.2, 0) is 19.2 Å². The fourth-order valence-corrected chi connectivity index (χ4v) is 3.95. The van der Waals surface area contributed by atoms with Crippen molar-refractivity contribution in [2.75, 3.05) is 17.3 Å². The Labute approximate surface area is 176 Å². The van der Waals surface area contributed by atoms with Crippen molar-refractivity contribution >= 4 is 46.8 Å². The highest BCUT2D eigenvalue weighted by Crippen LogP contribution is 2.35. The second kappa shape index (κ2) is 9.27. The van der Waals surface area contributed by atoms with Gasteiger partial charge in [0.15, 0.2) is 0 Å². The molecule has 0 saturated carbocycles. The Morgan fingerprint density at radius 2 is 1.90 bits per heavy atom. The first-order valence-corrected chi connectivity index (χ1v) is 9.75. The van der Waals surface area contributed by atoms with Crippen LogP contribution >= 0.6 is 11.8 Å². The molecular weight excluding hydrogens is 408 g/mol. The van der Waals surface area contributed by atoms with Gasteiger partial charge in [-0.05, 0) is 42.5 Å². The number of carboxylic acids is 1. The summed E-state index contributed by atoms with van der Waals surface area (Å²) >= 11 is 1.23. The number of carbonyl (C=O) groups excluding carboxylic acids is 3. The van der Waals surface area contributed by atoms with E-state index in [0.717, 1.165) is 12.2 Å². The zero-order valence-electron chi connectivity index (χ0n) is 15.9. The molecule has 30 heavy (non-hydrogen) atoms. The topological polar surface area (TPSA) is 113 Å². The molecule has 2 aromatic rings. The van der Waals surface area contributed by atoms with Gasteiger partial charge < -0.3 is 15.2 Å². The lowest BCUT2D eigenvalue weighted by Crippen LogP contribution is -2.31. The first-order valence-electron chi connectivity index (χ1n) is 8.87. The number of carboxylic acid groups (broad SMARTS) is 1. The number of hydrogen-bond donors (Lipinski definition) is 2. The Morgan fingerprint density at radius 1 is 1.17 bits per heavy atom. The van der Waals surface area contributed by atoms with Crippen molar-refractivity contribution in [2.45, 2.75) is 16.6 Å². The van der Waals surface area contributed by atoms with Gasteiger partial charge in [-0.1, -0.05) is 6.07 Å². The number of anilines is 2. The minimum atomic E-state index is -1.22. The van der Waals surface area contributed by atoms with E-state index in [2.05, 4.69) is 5.32 Å². The van der Waals surface area contributed by atoms with E-state index in [1.54, 1.807) is 48.5 Å².